The van der Waals surface area contributed by atoms with Crippen LogP contribution in [0.25, 0.3) is 0 Å². The van der Waals surface area contributed by atoms with Crippen LogP contribution in [0.4, 0.5) is 5.69 Å². The average molecular weight is 298 g/mol. The van der Waals surface area contributed by atoms with E-state index in [0.717, 1.165) is 4.47 Å². The Morgan fingerprint density at radius 1 is 1.65 bits per heavy atom. The molecule has 6 heteroatoms. The Morgan fingerprint density at radius 3 is 2.94 bits per heavy atom. The lowest BCUT2D eigenvalue weighted by Crippen LogP contribution is -2.20. The highest BCUT2D eigenvalue weighted by Gasteiger charge is 2.13. The summed E-state index contributed by atoms with van der Waals surface area (Å²) in [6.07, 6.45) is 0. The first kappa shape index (κ1) is 13.6. The van der Waals surface area contributed by atoms with E-state index >= 15 is 0 Å². The van der Waals surface area contributed by atoms with E-state index in [2.05, 4.69) is 27.3 Å². The molecule has 1 aromatic carbocycles. The average Bonchev–Trinajstić information content (AvgIpc) is 2.28. The molecule has 1 aromatic rings. The van der Waals surface area contributed by atoms with Crippen molar-refractivity contribution in [2.24, 2.45) is 5.92 Å². The van der Waals surface area contributed by atoms with Gasteiger partial charge < -0.3 is 5.32 Å². The molecule has 0 fully saturated rings. The first-order valence-corrected chi connectivity index (χ1v) is 5.87. The smallest absolute Gasteiger partial charge is 0.273 e. The molecule has 90 valence electrons. The quantitative estimate of drug-likeness (QED) is 0.669. The predicted octanol–water partition coefficient (Wildman–Crippen LogP) is 2.61. The molecule has 1 N–H and O–H groups in total. The molecule has 0 bridgehead atoms. The molecule has 1 rings (SSSR count). The van der Waals surface area contributed by atoms with Gasteiger partial charge >= 0.3 is 0 Å². The summed E-state index contributed by atoms with van der Waals surface area (Å²) in [5.41, 5.74) is 0.694. The van der Waals surface area contributed by atoms with E-state index in [1.54, 1.807) is 19.1 Å². The molecule has 0 saturated carbocycles. The Labute approximate surface area is 108 Å². The first-order valence-electron chi connectivity index (χ1n) is 5.07. The van der Waals surface area contributed by atoms with E-state index in [0.29, 0.717) is 18.7 Å². The summed E-state index contributed by atoms with van der Waals surface area (Å²) in [7, 11) is 0. The maximum Gasteiger partial charge on any atom is 0.273 e. The van der Waals surface area contributed by atoms with E-state index in [-0.39, 0.29) is 11.6 Å². The van der Waals surface area contributed by atoms with Gasteiger partial charge in [0.05, 0.1) is 16.9 Å². The van der Waals surface area contributed by atoms with Crippen molar-refractivity contribution in [3.05, 3.63) is 38.3 Å². The fraction of sp³-hybridized carbons (Fsp3) is 0.364. The standard InChI is InChI=1S/C11H12BrN3O2/c1-8(5-13)6-14-7-9-4-10(12)2-3-11(9)15(16)17/h2-4,8,14H,6-7H2,1H3. The van der Waals surface area contributed by atoms with Crippen LogP contribution < -0.4 is 5.32 Å². The number of halogens is 1. The zero-order valence-corrected chi connectivity index (χ0v) is 10.9. The summed E-state index contributed by atoms with van der Waals surface area (Å²) in [5.74, 6) is -0.110. The van der Waals surface area contributed by atoms with E-state index in [1.165, 1.54) is 6.07 Å². The molecule has 0 saturated heterocycles. The van der Waals surface area contributed by atoms with Crippen LogP contribution in [0.2, 0.25) is 0 Å². The van der Waals surface area contributed by atoms with Crippen LogP contribution >= 0.6 is 15.9 Å². The molecule has 0 aliphatic rings. The van der Waals surface area contributed by atoms with Gasteiger partial charge in [0.15, 0.2) is 0 Å². The van der Waals surface area contributed by atoms with E-state index in [4.69, 9.17) is 5.26 Å². The molecule has 0 spiro atoms. The summed E-state index contributed by atoms with van der Waals surface area (Å²) in [5, 5.41) is 22.4. The van der Waals surface area contributed by atoms with Gasteiger partial charge in [0.1, 0.15) is 0 Å². The van der Waals surface area contributed by atoms with Crippen molar-refractivity contribution in [2.75, 3.05) is 6.54 Å². The number of benzene rings is 1. The van der Waals surface area contributed by atoms with Crippen molar-refractivity contribution in [1.82, 2.24) is 5.32 Å². The van der Waals surface area contributed by atoms with Crippen LogP contribution in [-0.4, -0.2) is 11.5 Å². The van der Waals surface area contributed by atoms with Gasteiger partial charge in [-0.05, 0) is 19.1 Å². The first-order chi connectivity index (χ1) is 8.04. The molecular weight excluding hydrogens is 286 g/mol. The molecule has 1 unspecified atom stereocenters. The van der Waals surface area contributed by atoms with Gasteiger partial charge in [-0.25, -0.2) is 0 Å². The fourth-order valence-electron chi connectivity index (χ4n) is 1.34. The van der Waals surface area contributed by atoms with Gasteiger partial charge in [0.2, 0.25) is 0 Å². The maximum atomic E-state index is 10.8. The van der Waals surface area contributed by atoms with Crippen molar-refractivity contribution in [2.45, 2.75) is 13.5 Å². The number of nitriles is 1. The summed E-state index contributed by atoms with van der Waals surface area (Å²) in [6.45, 7) is 2.68. The SMILES string of the molecule is CC(C#N)CNCc1cc(Br)ccc1[N+](=O)[O-]. The molecular formula is C11H12BrN3O2. The lowest BCUT2D eigenvalue weighted by Gasteiger charge is -2.07. The van der Waals surface area contributed by atoms with Gasteiger partial charge in [-0.3, -0.25) is 10.1 Å². The van der Waals surface area contributed by atoms with Crippen LogP contribution in [0, 0.1) is 27.4 Å². The van der Waals surface area contributed by atoms with Crippen LogP contribution in [0.5, 0.6) is 0 Å². The zero-order valence-electron chi connectivity index (χ0n) is 9.31. The second-order valence-corrected chi connectivity index (χ2v) is 4.61. The second-order valence-electron chi connectivity index (χ2n) is 3.69. The van der Waals surface area contributed by atoms with Gasteiger partial charge in [-0.1, -0.05) is 15.9 Å². The molecule has 0 heterocycles. The lowest BCUT2D eigenvalue weighted by molar-refractivity contribution is -0.385. The Balaban J connectivity index is 2.72. The van der Waals surface area contributed by atoms with Crippen LogP contribution in [0.1, 0.15) is 12.5 Å². The zero-order chi connectivity index (χ0) is 12.8. The minimum atomic E-state index is -0.406. The Hall–Kier alpha value is -1.45. The Bertz CT molecular complexity index is 457. The van der Waals surface area contributed by atoms with Gasteiger partial charge in [0, 0.05) is 29.2 Å². The van der Waals surface area contributed by atoms with Gasteiger partial charge in [-0.15, -0.1) is 0 Å². The highest BCUT2D eigenvalue weighted by atomic mass is 79.9. The predicted molar refractivity (Wildman–Crippen MR) is 67.3 cm³/mol. The van der Waals surface area contributed by atoms with E-state index < -0.39 is 4.92 Å². The Morgan fingerprint density at radius 2 is 2.35 bits per heavy atom. The number of nitrogens with one attached hydrogen (secondary N) is 1. The van der Waals surface area contributed by atoms with Crippen molar-refractivity contribution < 1.29 is 4.92 Å². The molecule has 0 aliphatic heterocycles. The minimum absolute atomic E-state index is 0.0883. The summed E-state index contributed by atoms with van der Waals surface area (Å²) < 4.78 is 0.799. The topological polar surface area (TPSA) is 79.0 Å². The third-order valence-corrected chi connectivity index (χ3v) is 2.72. The molecule has 0 amide bonds. The normalized spacial score (nSPS) is 11.8. The third kappa shape index (κ3) is 4.13. The molecule has 17 heavy (non-hydrogen) atoms. The number of hydrogen-bond donors (Lipinski definition) is 1. The molecule has 1 atom stereocenters. The van der Waals surface area contributed by atoms with Gasteiger partial charge in [-0.2, -0.15) is 5.26 Å². The van der Waals surface area contributed by atoms with E-state index in [9.17, 15) is 10.1 Å². The fourth-order valence-corrected chi connectivity index (χ4v) is 1.75. The molecule has 0 aliphatic carbocycles. The summed E-state index contributed by atoms with van der Waals surface area (Å²) in [6, 6.07) is 6.91. The van der Waals surface area contributed by atoms with Crippen molar-refractivity contribution in [3.63, 3.8) is 0 Å². The minimum Gasteiger partial charge on any atom is -0.311 e. The Kier molecular flexibility index (Phi) is 5.07. The number of nitro groups is 1. The number of rotatable bonds is 5. The van der Waals surface area contributed by atoms with E-state index in [1.807, 2.05) is 0 Å². The summed E-state index contributed by atoms with van der Waals surface area (Å²) in [4.78, 5) is 10.4. The van der Waals surface area contributed by atoms with Crippen molar-refractivity contribution in [1.29, 1.82) is 5.26 Å². The maximum absolute atomic E-state index is 10.8. The van der Waals surface area contributed by atoms with Crippen molar-refractivity contribution in [3.8, 4) is 6.07 Å². The number of nitrogens with zero attached hydrogens (tertiary/aromatic N) is 2. The summed E-state index contributed by atoms with van der Waals surface area (Å²) >= 11 is 3.28. The highest BCUT2D eigenvalue weighted by Crippen LogP contribution is 2.22. The van der Waals surface area contributed by atoms with Gasteiger partial charge in [0.25, 0.3) is 5.69 Å². The third-order valence-electron chi connectivity index (χ3n) is 2.22. The van der Waals surface area contributed by atoms with Crippen molar-refractivity contribution >= 4 is 21.6 Å². The van der Waals surface area contributed by atoms with Crippen LogP contribution in [-0.2, 0) is 6.54 Å². The number of nitro benzene ring substituents is 1. The monoisotopic (exact) mass is 297 g/mol. The number of hydrogen-bond acceptors (Lipinski definition) is 4. The molecule has 5 nitrogen and oxygen atoms in total. The molecule has 0 aromatic heterocycles. The second kappa shape index (κ2) is 6.33. The van der Waals surface area contributed by atoms with Crippen LogP contribution in [0.15, 0.2) is 22.7 Å². The lowest BCUT2D eigenvalue weighted by atomic mass is 10.1. The molecule has 0 radical (unpaired) electrons. The van der Waals surface area contributed by atoms with Crippen LogP contribution in [0.3, 0.4) is 0 Å². The highest BCUT2D eigenvalue weighted by molar-refractivity contribution is 9.10. The largest absolute Gasteiger partial charge is 0.311 e.